The lowest BCUT2D eigenvalue weighted by Crippen LogP contribution is -2.36. The highest BCUT2D eigenvalue weighted by Gasteiger charge is 2.35. The highest BCUT2D eigenvalue weighted by atomic mass is 16.2. The normalized spacial score (nSPS) is 17.7. The third-order valence-corrected chi connectivity index (χ3v) is 6.22. The van der Waals surface area contributed by atoms with Gasteiger partial charge in [0.1, 0.15) is 0 Å². The van der Waals surface area contributed by atoms with E-state index >= 15 is 0 Å². The van der Waals surface area contributed by atoms with Crippen LogP contribution in [-0.2, 0) is 6.42 Å². The Labute approximate surface area is 177 Å². The second kappa shape index (κ2) is 9.23. The monoisotopic (exact) mass is 401 g/mol. The summed E-state index contributed by atoms with van der Waals surface area (Å²) >= 11 is 0. The van der Waals surface area contributed by atoms with Crippen molar-refractivity contribution in [3.8, 4) is 6.07 Å². The van der Waals surface area contributed by atoms with Gasteiger partial charge < -0.3 is 0 Å². The summed E-state index contributed by atoms with van der Waals surface area (Å²) in [5.41, 5.74) is 3.82. The van der Waals surface area contributed by atoms with Crippen LogP contribution in [-0.4, -0.2) is 41.2 Å². The van der Waals surface area contributed by atoms with Gasteiger partial charge in [0.15, 0.2) is 0 Å². The molecular formula is C25H27N3O2. The van der Waals surface area contributed by atoms with E-state index < -0.39 is 0 Å². The number of carbonyl (C=O) groups is 2. The van der Waals surface area contributed by atoms with Crippen molar-refractivity contribution < 1.29 is 9.59 Å². The number of nitrogens with zero attached hydrogens (tertiary/aromatic N) is 3. The Bertz CT molecular complexity index is 943. The number of hydrogen-bond donors (Lipinski definition) is 0. The van der Waals surface area contributed by atoms with Gasteiger partial charge in [0, 0.05) is 25.6 Å². The molecule has 1 aliphatic heterocycles. The van der Waals surface area contributed by atoms with Crippen molar-refractivity contribution >= 4 is 11.8 Å². The summed E-state index contributed by atoms with van der Waals surface area (Å²) in [6.07, 6.45) is 5.50. The molecule has 0 fully saturated rings. The maximum atomic E-state index is 12.6. The number of fused-ring (bicyclic) bond motifs is 2. The SMILES string of the molecule is N#CCCCN(CCCN1C(=O)c2ccccc2C1=O)C1CCCc2ccccc21. The van der Waals surface area contributed by atoms with Crippen LogP contribution >= 0.6 is 0 Å². The van der Waals surface area contributed by atoms with E-state index in [1.807, 2.05) is 0 Å². The standard InChI is InChI=1S/C25H27N3O2/c26-15-5-6-16-27(23-14-7-10-19-9-1-2-11-20(19)23)17-8-18-28-24(29)21-12-3-4-13-22(21)25(28)30/h1-4,9,11-13,23H,5-8,10,14,16-18H2. The maximum absolute atomic E-state index is 12.6. The van der Waals surface area contributed by atoms with Crippen molar-refractivity contribution in [1.82, 2.24) is 9.80 Å². The lowest BCUT2D eigenvalue weighted by molar-refractivity contribution is 0.0642. The van der Waals surface area contributed by atoms with Crippen LogP contribution in [0, 0.1) is 11.3 Å². The highest BCUT2D eigenvalue weighted by molar-refractivity contribution is 6.21. The van der Waals surface area contributed by atoms with E-state index in [1.54, 1.807) is 24.3 Å². The number of hydrogen-bond acceptors (Lipinski definition) is 4. The summed E-state index contributed by atoms with van der Waals surface area (Å²) in [6.45, 7) is 2.09. The summed E-state index contributed by atoms with van der Waals surface area (Å²) in [7, 11) is 0. The second-order valence-electron chi connectivity index (χ2n) is 8.07. The zero-order chi connectivity index (χ0) is 20.9. The van der Waals surface area contributed by atoms with Gasteiger partial charge in [-0.2, -0.15) is 5.26 Å². The van der Waals surface area contributed by atoms with Crippen LogP contribution in [0.3, 0.4) is 0 Å². The number of aryl methyl sites for hydroxylation is 1. The molecule has 154 valence electrons. The summed E-state index contributed by atoms with van der Waals surface area (Å²) in [5, 5.41) is 8.96. The Hall–Kier alpha value is -2.97. The molecule has 30 heavy (non-hydrogen) atoms. The van der Waals surface area contributed by atoms with E-state index in [4.69, 9.17) is 5.26 Å². The van der Waals surface area contributed by atoms with E-state index in [2.05, 4.69) is 35.2 Å². The number of benzene rings is 2. The molecule has 1 unspecified atom stereocenters. The molecule has 0 aromatic heterocycles. The van der Waals surface area contributed by atoms with Gasteiger partial charge in [-0.05, 0) is 61.9 Å². The third-order valence-electron chi connectivity index (χ3n) is 6.22. The average molecular weight is 402 g/mol. The first-order chi connectivity index (χ1) is 14.7. The van der Waals surface area contributed by atoms with Gasteiger partial charge in [0.2, 0.25) is 0 Å². The van der Waals surface area contributed by atoms with Crippen molar-refractivity contribution in [2.24, 2.45) is 0 Å². The molecule has 1 aliphatic carbocycles. The second-order valence-corrected chi connectivity index (χ2v) is 8.07. The molecule has 0 spiro atoms. The van der Waals surface area contributed by atoms with Gasteiger partial charge in [-0.3, -0.25) is 19.4 Å². The van der Waals surface area contributed by atoms with Crippen molar-refractivity contribution in [3.63, 3.8) is 0 Å². The predicted molar refractivity (Wildman–Crippen MR) is 115 cm³/mol. The zero-order valence-electron chi connectivity index (χ0n) is 17.2. The number of nitriles is 1. The molecule has 2 amide bonds. The van der Waals surface area contributed by atoms with E-state index in [0.717, 1.165) is 45.2 Å². The van der Waals surface area contributed by atoms with Crippen LogP contribution in [0.15, 0.2) is 48.5 Å². The van der Waals surface area contributed by atoms with Crippen LogP contribution < -0.4 is 0 Å². The van der Waals surface area contributed by atoms with Gasteiger partial charge in [-0.15, -0.1) is 0 Å². The fourth-order valence-corrected chi connectivity index (χ4v) is 4.77. The molecule has 5 heteroatoms. The Morgan fingerprint density at radius 1 is 0.967 bits per heavy atom. The minimum Gasteiger partial charge on any atom is -0.296 e. The molecule has 2 aromatic rings. The quantitative estimate of drug-likeness (QED) is 0.487. The topological polar surface area (TPSA) is 64.4 Å². The van der Waals surface area contributed by atoms with Crippen LogP contribution in [0.5, 0.6) is 0 Å². The molecule has 2 aliphatic rings. The van der Waals surface area contributed by atoms with Gasteiger partial charge in [0.25, 0.3) is 11.8 Å². The van der Waals surface area contributed by atoms with E-state index in [-0.39, 0.29) is 11.8 Å². The van der Waals surface area contributed by atoms with Gasteiger partial charge in [-0.1, -0.05) is 36.4 Å². The average Bonchev–Trinajstić information content (AvgIpc) is 3.03. The third kappa shape index (κ3) is 4.01. The zero-order valence-corrected chi connectivity index (χ0v) is 17.2. The molecule has 0 radical (unpaired) electrons. The summed E-state index contributed by atoms with van der Waals surface area (Å²) in [6, 6.07) is 18.3. The minimum absolute atomic E-state index is 0.186. The van der Waals surface area contributed by atoms with Crippen LogP contribution in [0.25, 0.3) is 0 Å². The molecule has 0 bridgehead atoms. The van der Waals surface area contributed by atoms with E-state index in [1.165, 1.54) is 16.0 Å². The number of amides is 2. The van der Waals surface area contributed by atoms with Gasteiger partial charge >= 0.3 is 0 Å². The van der Waals surface area contributed by atoms with Crippen molar-refractivity contribution in [3.05, 3.63) is 70.8 Å². The van der Waals surface area contributed by atoms with Crippen LogP contribution in [0.1, 0.15) is 70.0 Å². The smallest absolute Gasteiger partial charge is 0.261 e. The fourth-order valence-electron chi connectivity index (χ4n) is 4.77. The van der Waals surface area contributed by atoms with Crippen LogP contribution in [0.4, 0.5) is 0 Å². The Morgan fingerprint density at radius 2 is 1.63 bits per heavy atom. The molecule has 0 N–H and O–H groups in total. The molecule has 0 saturated heterocycles. The Balaban J connectivity index is 1.43. The number of rotatable bonds is 8. The number of unbranched alkanes of at least 4 members (excludes halogenated alkanes) is 1. The number of carbonyl (C=O) groups excluding carboxylic acids is 2. The first-order valence-corrected chi connectivity index (χ1v) is 10.8. The molecule has 1 atom stereocenters. The summed E-state index contributed by atoms with van der Waals surface area (Å²) in [5.74, 6) is -0.371. The first kappa shape index (κ1) is 20.3. The largest absolute Gasteiger partial charge is 0.296 e. The number of imide groups is 1. The van der Waals surface area contributed by atoms with Crippen molar-refractivity contribution in [2.75, 3.05) is 19.6 Å². The summed E-state index contributed by atoms with van der Waals surface area (Å²) < 4.78 is 0. The maximum Gasteiger partial charge on any atom is 0.261 e. The van der Waals surface area contributed by atoms with Crippen molar-refractivity contribution in [1.29, 1.82) is 5.26 Å². The first-order valence-electron chi connectivity index (χ1n) is 10.8. The Kier molecular flexibility index (Phi) is 6.25. The molecule has 5 nitrogen and oxygen atoms in total. The van der Waals surface area contributed by atoms with E-state index in [9.17, 15) is 9.59 Å². The fraction of sp³-hybridized carbons (Fsp3) is 0.400. The van der Waals surface area contributed by atoms with Crippen molar-refractivity contribution in [2.45, 2.75) is 44.6 Å². The van der Waals surface area contributed by atoms with Gasteiger partial charge in [-0.25, -0.2) is 0 Å². The summed E-state index contributed by atoms with van der Waals surface area (Å²) in [4.78, 5) is 29.1. The molecule has 1 heterocycles. The molecule has 2 aromatic carbocycles. The van der Waals surface area contributed by atoms with Gasteiger partial charge in [0.05, 0.1) is 17.2 Å². The molecule has 4 rings (SSSR count). The lowest BCUT2D eigenvalue weighted by atomic mass is 9.86. The minimum atomic E-state index is -0.186. The Morgan fingerprint density at radius 3 is 2.37 bits per heavy atom. The highest BCUT2D eigenvalue weighted by Crippen LogP contribution is 2.34. The van der Waals surface area contributed by atoms with Crippen LogP contribution in [0.2, 0.25) is 0 Å². The molecular weight excluding hydrogens is 374 g/mol. The molecule has 0 saturated carbocycles. The predicted octanol–water partition coefficient (Wildman–Crippen LogP) is 4.36. The lowest BCUT2D eigenvalue weighted by Gasteiger charge is -2.36. The van der Waals surface area contributed by atoms with E-state index in [0.29, 0.717) is 30.1 Å².